The van der Waals surface area contributed by atoms with Crippen molar-refractivity contribution < 1.29 is 9.47 Å². The van der Waals surface area contributed by atoms with Crippen molar-refractivity contribution in [1.82, 2.24) is 4.57 Å². The number of thiophene rings is 1. The molecule has 0 aliphatic rings. The molecule has 0 aliphatic heterocycles. The standard InChI is InChI=1S/C11H13NO3S/c1-14-10(15-2)7-12-5-3-9-8(11(12)13)4-6-16-9/h3-6,10H,7H2,1-2H3. The highest BCUT2D eigenvalue weighted by molar-refractivity contribution is 7.17. The Kier molecular flexibility index (Phi) is 3.38. The van der Waals surface area contributed by atoms with Crippen LogP contribution in [0.2, 0.25) is 0 Å². The number of nitrogens with zero attached hydrogens (tertiary/aromatic N) is 1. The van der Waals surface area contributed by atoms with Crippen LogP contribution in [-0.2, 0) is 16.0 Å². The predicted molar refractivity (Wildman–Crippen MR) is 63.9 cm³/mol. The Hall–Kier alpha value is -1.17. The first-order valence-corrected chi connectivity index (χ1v) is 5.76. The zero-order valence-electron chi connectivity index (χ0n) is 9.17. The lowest BCUT2D eigenvalue weighted by Crippen LogP contribution is -2.28. The topological polar surface area (TPSA) is 40.5 Å². The summed E-state index contributed by atoms with van der Waals surface area (Å²) < 4.78 is 12.8. The monoisotopic (exact) mass is 239 g/mol. The molecule has 0 N–H and O–H groups in total. The van der Waals surface area contributed by atoms with Gasteiger partial charge in [-0.15, -0.1) is 11.3 Å². The van der Waals surface area contributed by atoms with Crippen LogP contribution in [0.3, 0.4) is 0 Å². The van der Waals surface area contributed by atoms with Gasteiger partial charge in [0.25, 0.3) is 5.56 Å². The van der Waals surface area contributed by atoms with Crippen LogP contribution in [0.1, 0.15) is 0 Å². The lowest BCUT2D eigenvalue weighted by molar-refractivity contribution is -0.111. The summed E-state index contributed by atoms with van der Waals surface area (Å²) >= 11 is 1.56. The molecule has 0 saturated heterocycles. The van der Waals surface area contributed by atoms with Gasteiger partial charge in [0, 0.05) is 25.1 Å². The average Bonchev–Trinajstić information content (AvgIpc) is 2.77. The molecule has 2 rings (SSSR count). The van der Waals surface area contributed by atoms with E-state index in [2.05, 4.69) is 0 Å². The van der Waals surface area contributed by atoms with E-state index in [-0.39, 0.29) is 5.56 Å². The van der Waals surface area contributed by atoms with Crippen LogP contribution in [0, 0.1) is 0 Å². The minimum Gasteiger partial charge on any atom is -0.354 e. The smallest absolute Gasteiger partial charge is 0.259 e. The number of ether oxygens (including phenoxy) is 2. The van der Waals surface area contributed by atoms with Crippen molar-refractivity contribution in [3.8, 4) is 0 Å². The minimum atomic E-state index is -0.395. The molecule has 0 fully saturated rings. The van der Waals surface area contributed by atoms with Crippen LogP contribution in [-0.4, -0.2) is 25.1 Å². The van der Waals surface area contributed by atoms with Crippen LogP contribution in [0.15, 0.2) is 28.5 Å². The summed E-state index contributed by atoms with van der Waals surface area (Å²) in [6.45, 7) is 0.400. The van der Waals surface area contributed by atoms with Gasteiger partial charge in [0.2, 0.25) is 0 Å². The van der Waals surface area contributed by atoms with Gasteiger partial charge in [0.1, 0.15) is 0 Å². The first-order valence-electron chi connectivity index (χ1n) is 4.88. The van der Waals surface area contributed by atoms with Gasteiger partial charge in [-0.2, -0.15) is 0 Å². The van der Waals surface area contributed by atoms with E-state index in [0.29, 0.717) is 6.54 Å². The van der Waals surface area contributed by atoms with Gasteiger partial charge >= 0.3 is 0 Å². The Labute approximate surface area is 97.0 Å². The number of rotatable bonds is 4. The fraction of sp³-hybridized carbons (Fsp3) is 0.364. The maximum Gasteiger partial charge on any atom is 0.259 e. The molecule has 16 heavy (non-hydrogen) atoms. The SMILES string of the molecule is COC(Cn1ccc2sccc2c1=O)OC. The fourth-order valence-electron chi connectivity index (χ4n) is 1.56. The van der Waals surface area contributed by atoms with Crippen molar-refractivity contribution in [3.05, 3.63) is 34.1 Å². The second kappa shape index (κ2) is 4.78. The molecule has 0 radical (unpaired) electrons. The first-order chi connectivity index (χ1) is 7.76. The molecular formula is C11H13NO3S. The van der Waals surface area contributed by atoms with Crippen LogP contribution in [0.25, 0.3) is 10.1 Å². The number of pyridine rings is 1. The number of hydrogen-bond donors (Lipinski definition) is 0. The van der Waals surface area contributed by atoms with Crippen molar-refractivity contribution in [2.75, 3.05) is 14.2 Å². The number of aromatic nitrogens is 1. The first kappa shape index (κ1) is 11.3. The average molecular weight is 239 g/mol. The quantitative estimate of drug-likeness (QED) is 0.762. The summed E-state index contributed by atoms with van der Waals surface area (Å²) in [5, 5.41) is 2.67. The van der Waals surface area contributed by atoms with E-state index in [4.69, 9.17) is 9.47 Å². The van der Waals surface area contributed by atoms with E-state index in [1.807, 2.05) is 17.5 Å². The van der Waals surface area contributed by atoms with E-state index in [1.54, 1.807) is 36.3 Å². The van der Waals surface area contributed by atoms with Crippen molar-refractivity contribution in [2.45, 2.75) is 12.8 Å². The molecule has 0 aliphatic carbocycles. The summed E-state index contributed by atoms with van der Waals surface area (Å²) in [6.07, 6.45) is 1.38. The van der Waals surface area contributed by atoms with Gasteiger partial charge in [-0.1, -0.05) is 0 Å². The van der Waals surface area contributed by atoms with Gasteiger partial charge in [-0.25, -0.2) is 0 Å². The Balaban J connectivity index is 2.37. The van der Waals surface area contributed by atoms with E-state index in [1.165, 1.54) is 0 Å². The highest BCUT2D eigenvalue weighted by Crippen LogP contribution is 2.16. The van der Waals surface area contributed by atoms with Crippen LogP contribution in [0.5, 0.6) is 0 Å². The fourth-order valence-corrected chi connectivity index (χ4v) is 2.33. The molecule has 4 nitrogen and oxygen atoms in total. The summed E-state index contributed by atoms with van der Waals surface area (Å²) in [5.41, 5.74) is -0.00199. The molecule has 0 amide bonds. The molecule has 2 heterocycles. The summed E-state index contributed by atoms with van der Waals surface area (Å²) in [6, 6.07) is 3.78. The molecule has 2 aromatic heterocycles. The van der Waals surface area contributed by atoms with Gasteiger partial charge in [0.05, 0.1) is 11.9 Å². The molecule has 5 heteroatoms. The molecule has 86 valence electrons. The lowest BCUT2D eigenvalue weighted by Gasteiger charge is -2.14. The van der Waals surface area contributed by atoms with Crippen molar-refractivity contribution in [2.24, 2.45) is 0 Å². The second-order valence-corrected chi connectivity index (χ2v) is 4.32. The molecule has 0 saturated carbocycles. The Bertz CT molecular complexity index is 527. The molecule has 0 atom stereocenters. The predicted octanol–water partition coefficient (Wildman–Crippen LogP) is 1.68. The summed E-state index contributed by atoms with van der Waals surface area (Å²) in [4.78, 5) is 12.0. The second-order valence-electron chi connectivity index (χ2n) is 3.37. The maximum atomic E-state index is 12.0. The molecular weight excluding hydrogens is 226 g/mol. The number of hydrogen-bond acceptors (Lipinski definition) is 4. The Morgan fingerprint density at radius 3 is 2.81 bits per heavy atom. The van der Waals surface area contributed by atoms with Gasteiger partial charge in [-0.3, -0.25) is 4.79 Å². The van der Waals surface area contributed by atoms with Crippen LogP contribution < -0.4 is 5.56 Å². The largest absolute Gasteiger partial charge is 0.354 e. The Morgan fingerprint density at radius 1 is 1.38 bits per heavy atom. The van der Waals surface area contributed by atoms with Crippen molar-refractivity contribution >= 4 is 21.4 Å². The van der Waals surface area contributed by atoms with E-state index in [0.717, 1.165) is 10.1 Å². The highest BCUT2D eigenvalue weighted by Gasteiger charge is 2.09. The third kappa shape index (κ3) is 2.02. The zero-order chi connectivity index (χ0) is 11.5. The van der Waals surface area contributed by atoms with Gasteiger partial charge < -0.3 is 14.0 Å². The van der Waals surface area contributed by atoms with E-state index in [9.17, 15) is 4.79 Å². The number of fused-ring (bicyclic) bond motifs is 1. The molecule has 0 aromatic carbocycles. The van der Waals surface area contributed by atoms with Crippen LogP contribution in [0.4, 0.5) is 0 Å². The maximum absolute atomic E-state index is 12.0. The van der Waals surface area contributed by atoms with E-state index >= 15 is 0 Å². The molecule has 2 aromatic rings. The third-order valence-electron chi connectivity index (χ3n) is 2.46. The Morgan fingerprint density at radius 2 is 2.12 bits per heavy atom. The van der Waals surface area contributed by atoms with Crippen molar-refractivity contribution in [3.63, 3.8) is 0 Å². The van der Waals surface area contributed by atoms with Crippen molar-refractivity contribution in [1.29, 1.82) is 0 Å². The molecule has 0 unspecified atom stereocenters. The van der Waals surface area contributed by atoms with Gasteiger partial charge in [0.15, 0.2) is 6.29 Å². The summed E-state index contributed by atoms with van der Waals surface area (Å²) in [7, 11) is 3.12. The molecule has 0 bridgehead atoms. The highest BCUT2D eigenvalue weighted by atomic mass is 32.1. The van der Waals surface area contributed by atoms with E-state index < -0.39 is 6.29 Å². The van der Waals surface area contributed by atoms with Crippen LogP contribution >= 0.6 is 11.3 Å². The normalized spacial score (nSPS) is 11.4. The molecule has 0 spiro atoms. The summed E-state index contributed by atoms with van der Waals surface area (Å²) in [5.74, 6) is 0. The third-order valence-corrected chi connectivity index (χ3v) is 3.35. The number of methoxy groups -OCH3 is 2. The zero-order valence-corrected chi connectivity index (χ0v) is 9.99. The van der Waals surface area contributed by atoms with Gasteiger partial charge in [-0.05, 0) is 17.5 Å². The lowest BCUT2D eigenvalue weighted by atomic mass is 10.3. The minimum absolute atomic E-state index is 0.00199.